The molecule has 0 radical (unpaired) electrons. The van der Waals surface area contributed by atoms with Crippen molar-refractivity contribution in [1.29, 1.82) is 0 Å². The predicted molar refractivity (Wildman–Crippen MR) is 84.4 cm³/mol. The molecule has 6 heteroatoms. The maximum atomic E-state index is 11.8. The number of aromatic nitrogens is 2. The van der Waals surface area contributed by atoms with Crippen molar-refractivity contribution in [2.45, 2.75) is 25.8 Å². The van der Waals surface area contributed by atoms with Crippen molar-refractivity contribution >= 4 is 29.1 Å². The number of nitrogens with one attached hydrogen (secondary N) is 1. The first-order valence-corrected chi connectivity index (χ1v) is 8.07. The van der Waals surface area contributed by atoms with Crippen LogP contribution in [0.25, 0.3) is 0 Å². The molecule has 4 nitrogen and oxygen atoms in total. The van der Waals surface area contributed by atoms with Crippen LogP contribution in [0.4, 0.5) is 5.69 Å². The van der Waals surface area contributed by atoms with Crippen molar-refractivity contribution < 1.29 is 0 Å². The second-order valence-corrected chi connectivity index (χ2v) is 5.49. The zero-order chi connectivity index (χ0) is 14.1. The molecule has 0 spiro atoms. The van der Waals surface area contributed by atoms with Crippen LogP contribution < -0.4 is 10.9 Å². The lowest BCUT2D eigenvalue weighted by molar-refractivity contribution is 0.652. The number of rotatable bonds is 9. The second-order valence-electron chi connectivity index (χ2n) is 4.13. The van der Waals surface area contributed by atoms with E-state index in [-0.39, 0.29) is 10.6 Å². The molecule has 0 aliphatic carbocycles. The monoisotopic (exact) mass is 301 g/mol. The summed E-state index contributed by atoms with van der Waals surface area (Å²) in [6.45, 7) is 4.75. The predicted octanol–water partition coefficient (Wildman–Crippen LogP) is 3.03. The molecule has 0 unspecified atom stereocenters. The van der Waals surface area contributed by atoms with Gasteiger partial charge in [-0.1, -0.05) is 24.1 Å². The average molecular weight is 302 g/mol. The van der Waals surface area contributed by atoms with E-state index in [1.165, 1.54) is 23.3 Å². The fourth-order valence-electron chi connectivity index (χ4n) is 1.61. The highest BCUT2D eigenvalue weighted by atomic mass is 35.5. The molecular formula is C13H20ClN3OS. The third-order valence-electron chi connectivity index (χ3n) is 2.63. The first kappa shape index (κ1) is 16.1. The molecule has 106 valence electrons. The number of unbranched alkanes of at least 4 members (excludes halogenated alkanes) is 2. The Balaban J connectivity index is 2.48. The summed E-state index contributed by atoms with van der Waals surface area (Å²) in [7, 11) is 0. The fourth-order valence-corrected chi connectivity index (χ4v) is 2.32. The van der Waals surface area contributed by atoms with Crippen molar-refractivity contribution in [2.75, 3.05) is 23.9 Å². The lowest BCUT2D eigenvalue weighted by Crippen LogP contribution is -2.23. The number of halogens is 1. The molecule has 1 aromatic rings. The summed E-state index contributed by atoms with van der Waals surface area (Å²) < 4.78 is 1.29. The third-order valence-corrected chi connectivity index (χ3v) is 3.69. The molecule has 1 heterocycles. The number of nitrogens with zero attached hydrogens (tertiary/aromatic N) is 2. The molecule has 1 N–H and O–H groups in total. The molecule has 0 aliphatic heterocycles. The molecular weight excluding hydrogens is 282 g/mol. The molecule has 1 aromatic heterocycles. The van der Waals surface area contributed by atoms with Crippen LogP contribution in [0.1, 0.15) is 19.3 Å². The van der Waals surface area contributed by atoms with E-state index in [0.717, 1.165) is 13.0 Å². The van der Waals surface area contributed by atoms with Gasteiger partial charge >= 0.3 is 0 Å². The number of allylic oxidation sites excluding steroid dienone is 1. The average Bonchev–Trinajstić information content (AvgIpc) is 2.41. The van der Waals surface area contributed by atoms with Crippen LogP contribution in [0.5, 0.6) is 0 Å². The SMILES string of the molecule is C=CCn1ncc(NCCCCCSC)c(Cl)c1=O. The minimum atomic E-state index is -0.283. The van der Waals surface area contributed by atoms with Crippen LogP contribution in [-0.4, -0.2) is 28.3 Å². The number of hydrogen-bond donors (Lipinski definition) is 1. The van der Waals surface area contributed by atoms with Crippen molar-refractivity contribution in [2.24, 2.45) is 0 Å². The van der Waals surface area contributed by atoms with Gasteiger partial charge in [-0.05, 0) is 24.9 Å². The maximum Gasteiger partial charge on any atom is 0.287 e. The highest BCUT2D eigenvalue weighted by Gasteiger charge is 2.07. The van der Waals surface area contributed by atoms with Crippen LogP contribution >= 0.6 is 23.4 Å². The Morgan fingerprint density at radius 2 is 2.32 bits per heavy atom. The van der Waals surface area contributed by atoms with E-state index in [1.54, 1.807) is 12.3 Å². The summed E-state index contributed by atoms with van der Waals surface area (Å²) in [6, 6.07) is 0. The van der Waals surface area contributed by atoms with Crippen LogP contribution in [-0.2, 0) is 6.54 Å². The topological polar surface area (TPSA) is 46.9 Å². The lowest BCUT2D eigenvalue weighted by atomic mass is 10.2. The quantitative estimate of drug-likeness (QED) is 0.562. The largest absolute Gasteiger partial charge is 0.382 e. The highest BCUT2D eigenvalue weighted by molar-refractivity contribution is 7.98. The van der Waals surface area contributed by atoms with Crippen molar-refractivity contribution in [1.82, 2.24) is 9.78 Å². The standard InChI is InChI=1S/C13H20ClN3OS/c1-3-8-17-13(18)12(14)11(10-16-17)15-7-5-4-6-9-19-2/h3,10,15H,1,4-9H2,2H3. The summed E-state index contributed by atoms with van der Waals surface area (Å²) in [5.41, 5.74) is 0.325. The van der Waals surface area contributed by atoms with E-state index < -0.39 is 0 Å². The van der Waals surface area contributed by atoms with Gasteiger partial charge < -0.3 is 5.32 Å². The van der Waals surface area contributed by atoms with Gasteiger partial charge in [-0.25, -0.2) is 4.68 Å². The van der Waals surface area contributed by atoms with E-state index in [1.807, 2.05) is 11.8 Å². The molecule has 1 rings (SSSR count). The minimum Gasteiger partial charge on any atom is -0.382 e. The zero-order valence-electron chi connectivity index (χ0n) is 11.2. The second kappa shape index (κ2) is 9.04. The lowest BCUT2D eigenvalue weighted by Gasteiger charge is -2.09. The molecule has 0 fully saturated rings. The molecule has 0 aromatic carbocycles. The van der Waals surface area contributed by atoms with Gasteiger partial charge in [0, 0.05) is 6.54 Å². The van der Waals surface area contributed by atoms with Gasteiger partial charge in [-0.3, -0.25) is 4.79 Å². The first-order valence-electron chi connectivity index (χ1n) is 6.30. The van der Waals surface area contributed by atoms with Gasteiger partial charge in [0.2, 0.25) is 0 Å². The highest BCUT2D eigenvalue weighted by Crippen LogP contribution is 2.15. The minimum absolute atomic E-state index is 0.195. The molecule has 19 heavy (non-hydrogen) atoms. The molecule has 0 bridgehead atoms. The van der Waals surface area contributed by atoms with Crippen LogP contribution in [0.2, 0.25) is 5.02 Å². The Hall–Kier alpha value is -0.940. The van der Waals surface area contributed by atoms with Gasteiger partial charge in [-0.15, -0.1) is 6.58 Å². The van der Waals surface area contributed by atoms with Crippen molar-refractivity contribution in [3.8, 4) is 0 Å². The Bertz CT molecular complexity index is 462. The molecule has 0 atom stereocenters. The van der Waals surface area contributed by atoms with Crippen molar-refractivity contribution in [3.63, 3.8) is 0 Å². The Morgan fingerprint density at radius 1 is 1.53 bits per heavy atom. The van der Waals surface area contributed by atoms with Crippen LogP contribution in [0.15, 0.2) is 23.6 Å². The summed E-state index contributed by atoms with van der Waals surface area (Å²) in [5, 5.41) is 7.39. The van der Waals surface area contributed by atoms with E-state index in [9.17, 15) is 4.79 Å². The third kappa shape index (κ3) is 5.28. The van der Waals surface area contributed by atoms with Crippen molar-refractivity contribution in [3.05, 3.63) is 34.2 Å². The van der Waals surface area contributed by atoms with Gasteiger partial charge in [0.25, 0.3) is 5.56 Å². The Kier molecular flexibility index (Phi) is 7.67. The van der Waals surface area contributed by atoms with Crippen LogP contribution in [0.3, 0.4) is 0 Å². The number of thioether (sulfide) groups is 1. The summed E-state index contributed by atoms with van der Waals surface area (Å²) in [4.78, 5) is 11.8. The number of anilines is 1. The van der Waals surface area contributed by atoms with Gasteiger partial charge in [0.15, 0.2) is 0 Å². The summed E-state index contributed by atoms with van der Waals surface area (Å²) >= 11 is 7.89. The fraction of sp³-hybridized carbons (Fsp3) is 0.538. The van der Waals surface area contributed by atoms with Gasteiger partial charge in [0.05, 0.1) is 18.4 Å². The van der Waals surface area contributed by atoms with Gasteiger partial charge in [0.1, 0.15) is 5.02 Å². The Morgan fingerprint density at radius 3 is 3.00 bits per heavy atom. The number of hydrogen-bond acceptors (Lipinski definition) is 4. The first-order chi connectivity index (χ1) is 9.20. The van der Waals surface area contributed by atoms with E-state index in [4.69, 9.17) is 11.6 Å². The maximum absolute atomic E-state index is 11.8. The van der Waals surface area contributed by atoms with E-state index in [0.29, 0.717) is 12.2 Å². The summed E-state index contributed by atoms with van der Waals surface area (Å²) in [5.74, 6) is 1.19. The van der Waals surface area contributed by atoms with E-state index >= 15 is 0 Å². The Labute approximate surface area is 123 Å². The summed E-state index contributed by atoms with van der Waals surface area (Å²) in [6.07, 6.45) is 8.77. The molecule has 0 amide bonds. The smallest absolute Gasteiger partial charge is 0.287 e. The normalized spacial score (nSPS) is 10.4. The molecule has 0 aliphatic rings. The molecule has 0 saturated carbocycles. The van der Waals surface area contributed by atoms with Gasteiger partial charge in [-0.2, -0.15) is 16.9 Å². The zero-order valence-corrected chi connectivity index (χ0v) is 12.8. The van der Waals surface area contributed by atoms with Crippen LogP contribution in [0, 0.1) is 0 Å². The van der Waals surface area contributed by atoms with E-state index in [2.05, 4.69) is 23.3 Å². The molecule has 0 saturated heterocycles.